The van der Waals surface area contributed by atoms with Gasteiger partial charge in [0.1, 0.15) is 18.5 Å². The van der Waals surface area contributed by atoms with Crippen LogP contribution in [0, 0.1) is 0 Å². The highest BCUT2D eigenvalue weighted by Crippen LogP contribution is 2.40. The van der Waals surface area contributed by atoms with Gasteiger partial charge in [0.05, 0.1) is 30.9 Å². The predicted molar refractivity (Wildman–Crippen MR) is 178 cm³/mol. The fraction of sp³-hybridized carbons (Fsp3) is 0.243. The SMILES string of the molecule is O=C(Cc1ccc(-c2ccccc2)cc1)N1CCc2cc(OCC3COC(Cn4ccnc4)(c4ccc(Cl)cc4Cl)O3)ccc2C1. The molecule has 1 fully saturated rings. The summed E-state index contributed by atoms with van der Waals surface area (Å²) < 4.78 is 20.9. The summed E-state index contributed by atoms with van der Waals surface area (Å²) in [6.45, 7) is 2.29. The molecule has 46 heavy (non-hydrogen) atoms. The van der Waals surface area contributed by atoms with Crippen molar-refractivity contribution >= 4 is 29.1 Å². The molecule has 2 aliphatic rings. The average molecular weight is 655 g/mol. The summed E-state index contributed by atoms with van der Waals surface area (Å²) in [5.41, 5.74) is 6.37. The fourth-order valence-corrected chi connectivity index (χ4v) is 6.68. The molecule has 0 bridgehead atoms. The number of ether oxygens (including phenoxy) is 3. The van der Waals surface area contributed by atoms with Crippen LogP contribution in [0.1, 0.15) is 22.3 Å². The molecule has 1 saturated heterocycles. The first-order valence-electron chi connectivity index (χ1n) is 15.3. The Balaban J connectivity index is 0.959. The molecule has 0 N–H and O–H groups in total. The van der Waals surface area contributed by atoms with Gasteiger partial charge in [0.15, 0.2) is 0 Å². The number of imidazole rings is 1. The zero-order chi connectivity index (χ0) is 31.5. The summed E-state index contributed by atoms with van der Waals surface area (Å²) in [4.78, 5) is 19.3. The van der Waals surface area contributed by atoms with Crippen molar-refractivity contribution in [3.05, 3.63) is 142 Å². The number of amides is 1. The number of hydrogen-bond donors (Lipinski definition) is 0. The molecular weight excluding hydrogens is 621 g/mol. The van der Waals surface area contributed by atoms with Crippen molar-refractivity contribution in [3.63, 3.8) is 0 Å². The van der Waals surface area contributed by atoms with Crippen LogP contribution in [0.25, 0.3) is 11.1 Å². The molecule has 9 heteroatoms. The number of halogens is 2. The van der Waals surface area contributed by atoms with Crippen molar-refractivity contribution in [3.8, 4) is 16.9 Å². The molecule has 1 aromatic heterocycles. The third kappa shape index (κ3) is 6.69. The third-order valence-electron chi connectivity index (χ3n) is 8.55. The smallest absolute Gasteiger partial charge is 0.227 e. The summed E-state index contributed by atoms with van der Waals surface area (Å²) in [6, 6.07) is 29.9. The fourth-order valence-electron chi connectivity index (χ4n) is 6.13. The molecule has 1 amide bonds. The minimum Gasteiger partial charge on any atom is -0.491 e. The normalized spacial score (nSPS) is 19.2. The Morgan fingerprint density at radius 3 is 2.57 bits per heavy atom. The van der Waals surface area contributed by atoms with Crippen molar-refractivity contribution in [2.24, 2.45) is 0 Å². The molecule has 0 aliphatic carbocycles. The van der Waals surface area contributed by atoms with Crippen LogP contribution in [-0.2, 0) is 46.0 Å². The van der Waals surface area contributed by atoms with Crippen LogP contribution in [0.4, 0.5) is 0 Å². The standard InChI is InChI=1S/C37H33Cl2N3O4/c38-31-11-13-34(35(39)20-31)37(24-41-17-15-40-25-41)45-23-33(46-37)22-44-32-12-10-30-21-42(16-14-29(30)19-32)36(43)18-26-6-8-28(9-7-26)27-4-2-1-3-5-27/h1-13,15,17,19-20,25,33H,14,16,18,21-24H2. The summed E-state index contributed by atoms with van der Waals surface area (Å²) in [7, 11) is 0. The van der Waals surface area contributed by atoms with Crippen molar-refractivity contribution in [2.75, 3.05) is 19.8 Å². The van der Waals surface area contributed by atoms with E-state index in [-0.39, 0.29) is 12.0 Å². The Kier molecular flexibility index (Phi) is 8.82. The van der Waals surface area contributed by atoms with Crippen molar-refractivity contribution in [1.82, 2.24) is 14.5 Å². The first-order valence-corrected chi connectivity index (χ1v) is 16.1. The second-order valence-corrected chi connectivity index (χ2v) is 12.6. The van der Waals surface area contributed by atoms with E-state index in [1.54, 1.807) is 24.7 Å². The Hall–Kier alpha value is -4.14. The lowest BCUT2D eigenvalue weighted by Gasteiger charge is -2.30. The van der Waals surface area contributed by atoms with Gasteiger partial charge in [0.25, 0.3) is 0 Å². The van der Waals surface area contributed by atoms with E-state index in [0.717, 1.165) is 28.9 Å². The van der Waals surface area contributed by atoms with E-state index >= 15 is 0 Å². The van der Waals surface area contributed by atoms with Crippen LogP contribution in [-0.4, -0.2) is 46.2 Å². The maximum Gasteiger partial charge on any atom is 0.227 e. The van der Waals surface area contributed by atoms with Gasteiger partial charge in [0, 0.05) is 36.1 Å². The van der Waals surface area contributed by atoms with Gasteiger partial charge in [-0.3, -0.25) is 4.79 Å². The van der Waals surface area contributed by atoms with Crippen molar-refractivity contribution < 1.29 is 19.0 Å². The Labute approximate surface area is 278 Å². The summed E-state index contributed by atoms with van der Waals surface area (Å²) in [5, 5.41) is 1.01. The highest BCUT2D eigenvalue weighted by atomic mass is 35.5. The molecule has 4 aromatic carbocycles. The average Bonchev–Trinajstić information content (AvgIpc) is 3.74. The maximum atomic E-state index is 13.2. The quantitative estimate of drug-likeness (QED) is 0.167. The van der Waals surface area contributed by atoms with Crippen molar-refractivity contribution in [1.29, 1.82) is 0 Å². The highest BCUT2D eigenvalue weighted by Gasteiger charge is 2.45. The van der Waals surface area contributed by atoms with E-state index in [2.05, 4.69) is 41.4 Å². The minimum atomic E-state index is -1.10. The summed E-state index contributed by atoms with van der Waals surface area (Å²) in [6.07, 6.45) is 6.13. The number of nitrogens with zero attached hydrogens (tertiary/aromatic N) is 3. The van der Waals surface area contributed by atoms with E-state index in [1.807, 2.05) is 58.1 Å². The van der Waals surface area contributed by atoms with Gasteiger partial charge < -0.3 is 23.7 Å². The number of aromatic nitrogens is 2. The van der Waals surface area contributed by atoms with E-state index in [9.17, 15) is 4.79 Å². The number of benzene rings is 4. The molecule has 2 unspecified atom stereocenters. The second-order valence-electron chi connectivity index (χ2n) is 11.7. The number of fused-ring (bicyclic) bond motifs is 1. The molecule has 2 aliphatic heterocycles. The van der Waals surface area contributed by atoms with Gasteiger partial charge in [-0.25, -0.2) is 4.98 Å². The monoisotopic (exact) mass is 653 g/mol. The first kappa shape index (κ1) is 30.5. The molecule has 0 radical (unpaired) electrons. The zero-order valence-corrected chi connectivity index (χ0v) is 26.7. The number of carbonyl (C=O) groups is 1. The Bertz CT molecular complexity index is 1810. The molecule has 3 heterocycles. The largest absolute Gasteiger partial charge is 0.491 e. The van der Waals surface area contributed by atoms with E-state index in [0.29, 0.717) is 54.9 Å². The molecule has 0 spiro atoms. The molecule has 5 aromatic rings. The van der Waals surface area contributed by atoms with Crippen molar-refractivity contribution in [2.45, 2.75) is 37.8 Å². The molecule has 2 atom stereocenters. The molecular formula is C37H33Cl2N3O4. The van der Waals surface area contributed by atoms with Gasteiger partial charge in [-0.05, 0) is 58.5 Å². The van der Waals surface area contributed by atoms with Crippen LogP contribution >= 0.6 is 23.2 Å². The van der Waals surface area contributed by atoms with Crippen LogP contribution in [0.2, 0.25) is 10.0 Å². The van der Waals surface area contributed by atoms with E-state index < -0.39 is 5.79 Å². The molecule has 234 valence electrons. The summed E-state index contributed by atoms with van der Waals surface area (Å²) in [5.74, 6) is -0.208. The van der Waals surface area contributed by atoms with Gasteiger partial charge >= 0.3 is 0 Å². The van der Waals surface area contributed by atoms with Gasteiger partial charge in [-0.2, -0.15) is 0 Å². The number of carbonyl (C=O) groups excluding carboxylic acids is 1. The van der Waals surface area contributed by atoms with Gasteiger partial charge in [-0.15, -0.1) is 0 Å². The molecule has 7 rings (SSSR count). The van der Waals surface area contributed by atoms with E-state index in [4.69, 9.17) is 37.4 Å². The van der Waals surface area contributed by atoms with Crippen LogP contribution < -0.4 is 4.74 Å². The zero-order valence-electron chi connectivity index (χ0n) is 25.1. The molecule has 7 nitrogen and oxygen atoms in total. The van der Waals surface area contributed by atoms with Gasteiger partial charge in [-0.1, -0.05) is 89.9 Å². The van der Waals surface area contributed by atoms with E-state index in [1.165, 1.54) is 11.1 Å². The number of rotatable bonds is 9. The number of hydrogen-bond acceptors (Lipinski definition) is 5. The van der Waals surface area contributed by atoms with Gasteiger partial charge in [0.2, 0.25) is 11.7 Å². The lowest BCUT2D eigenvalue weighted by molar-refractivity contribution is -0.189. The van der Waals surface area contributed by atoms with Crippen LogP contribution in [0.15, 0.2) is 110 Å². The third-order valence-corrected chi connectivity index (χ3v) is 9.09. The highest BCUT2D eigenvalue weighted by molar-refractivity contribution is 6.35. The second kappa shape index (κ2) is 13.3. The minimum absolute atomic E-state index is 0.136. The van der Waals surface area contributed by atoms with Crippen LogP contribution in [0.3, 0.4) is 0 Å². The lowest BCUT2D eigenvalue weighted by Crippen LogP contribution is -2.37. The summed E-state index contributed by atoms with van der Waals surface area (Å²) >= 11 is 12.8. The predicted octanol–water partition coefficient (Wildman–Crippen LogP) is 7.33. The topological polar surface area (TPSA) is 65.8 Å². The lowest BCUT2D eigenvalue weighted by atomic mass is 9.98. The Morgan fingerprint density at radius 2 is 1.78 bits per heavy atom. The first-order chi connectivity index (χ1) is 22.4. The molecule has 0 saturated carbocycles. The van der Waals surface area contributed by atoms with Crippen LogP contribution in [0.5, 0.6) is 5.75 Å². The Morgan fingerprint density at radius 1 is 0.957 bits per heavy atom. The maximum absolute atomic E-state index is 13.2.